The summed E-state index contributed by atoms with van der Waals surface area (Å²) < 4.78 is 5.38. The number of rotatable bonds is 7. The number of thiophene rings is 1. The summed E-state index contributed by atoms with van der Waals surface area (Å²) in [6.45, 7) is 5.95. The Balaban J connectivity index is 1.48. The number of carbonyl (C=O) groups is 2. The van der Waals surface area contributed by atoms with Crippen LogP contribution in [-0.2, 0) is 14.3 Å². The molecular formula is C23H28N4O3S. The molecular weight excluding hydrogens is 412 g/mol. The second kappa shape index (κ2) is 10.2. The summed E-state index contributed by atoms with van der Waals surface area (Å²) in [7, 11) is 0. The Labute approximate surface area is 186 Å². The Morgan fingerprint density at radius 2 is 1.94 bits per heavy atom. The molecule has 3 heterocycles. The molecule has 2 amide bonds. The van der Waals surface area contributed by atoms with E-state index in [-0.39, 0.29) is 24.4 Å². The summed E-state index contributed by atoms with van der Waals surface area (Å²) in [5, 5.41) is 8.29. The third kappa shape index (κ3) is 5.39. The zero-order chi connectivity index (χ0) is 21.6. The van der Waals surface area contributed by atoms with Crippen LogP contribution in [0, 0.1) is 0 Å². The zero-order valence-corrected chi connectivity index (χ0v) is 18.6. The second-order valence-electron chi connectivity index (χ2n) is 7.79. The van der Waals surface area contributed by atoms with Gasteiger partial charge in [0, 0.05) is 39.5 Å². The van der Waals surface area contributed by atoms with Crippen LogP contribution in [0.2, 0.25) is 0 Å². The van der Waals surface area contributed by atoms with Gasteiger partial charge < -0.3 is 9.64 Å². The SMILES string of the molecule is CC(=O)N(CCN1CCOCC1)CC(=O)N1N=C(c2cccs2)C[C@@H]1c1ccccc1. The molecule has 0 radical (unpaired) electrons. The summed E-state index contributed by atoms with van der Waals surface area (Å²) >= 11 is 1.62. The molecule has 2 aromatic rings. The first kappa shape index (κ1) is 21.7. The van der Waals surface area contributed by atoms with E-state index < -0.39 is 0 Å². The van der Waals surface area contributed by atoms with E-state index in [9.17, 15) is 9.59 Å². The molecule has 1 saturated heterocycles. The molecule has 8 heteroatoms. The normalized spacial score (nSPS) is 19.3. The van der Waals surface area contributed by atoms with Crippen LogP contribution in [0.4, 0.5) is 0 Å². The van der Waals surface area contributed by atoms with Gasteiger partial charge in [-0.25, -0.2) is 5.01 Å². The molecule has 164 valence electrons. The van der Waals surface area contributed by atoms with E-state index in [1.54, 1.807) is 21.2 Å². The van der Waals surface area contributed by atoms with Crippen LogP contribution in [0.5, 0.6) is 0 Å². The van der Waals surface area contributed by atoms with Crippen molar-refractivity contribution in [1.82, 2.24) is 14.8 Å². The lowest BCUT2D eigenvalue weighted by Crippen LogP contribution is -2.45. The molecule has 4 rings (SSSR count). The van der Waals surface area contributed by atoms with Crippen molar-refractivity contribution in [3.63, 3.8) is 0 Å². The fourth-order valence-corrected chi connectivity index (χ4v) is 4.66. The summed E-state index contributed by atoms with van der Waals surface area (Å²) in [4.78, 5) is 30.5. The number of benzene rings is 1. The van der Waals surface area contributed by atoms with E-state index in [4.69, 9.17) is 9.84 Å². The quantitative estimate of drug-likeness (QED) is 0.664. The van der Waals surface area contributed by atoms with Crippen molar-refractivity contribution < 1.29 is 14.3 Å². The Kier molecular flexibility index (Phi) is 7.11. The first-order chi connectivity index (χ1) is 15.1. The average Bonchev–Trinajstić information content (AvgIpc) is 3.47. The highest BCUT2D eigenvalue weighted by Gasteiger charge is 2.34. The van der Waals surface area contributed by atoms with Gasteiger partial charge in [-0.15, -0.1) is 11.3 Å². The van der Waals surface area contributed by atoms with E-state index >= 15 is 0 Å². The number of amides is 2. The maximum absolute atomic E-state index is 13.3. The predicted molar refractivity (Wildman–Crippen MR) is 121 cm³/mol. The zero-order valence-electron chi connectivity index (χ0n) is 17.8. The minimum atomic E-state index is -0.155. The lowest BCUT2D eigenvalue weighted by atomic mass is 10.0. The van der Waals surface area contributed by atoms with Crippen LogP contribution < -0.4 is 0 Å². The van der Waals surface area contributed by atoms with Gasteiger partial charge in [-0.3, -0.25) is 14.5 Å². The maximum atomic E-state index is 13.3. The molecule has 0 bridgehead atoms. The summed E-state index contributed by atoms with van der Waals surface area (Å²) in [5.41, 5.74) is 1.97. The molecule has 1 atom stereocenters. The van der Waals surface area contributed by atoms with Gasteiger partial charge in [0.25, 0.3) is 5.91 Å². The molecule has 1 aromatic carbocycles. The molecule has 1 fully saturated rings. The van der Waals surface area contributed by atoms with E-state index in [1.807, 2.05) is 47.8 Å². The number of hydrazone groups is 1. The van der Waals surface area contributed by atoms with Gasteiger partial charge in [0.2, 0.25) is 5.91 Å². The van der Waals surface area contributed by atoms with E-state index in [2.05, 4.69) is 4.90 Å². The Morgan fingerprint density at radius 1 is 1.16 bits per heavy atom. The van der Waals surface area contributed by atoms with Gasteiger partial charge in [0.1, 0.15) is 6.54 Å². The first-order valence-electron chi connectivity index (χ1n) is 10.7. The molecule has 0 N–H and O–H groups in total. The molecule has 0 saturated carbocycles. The molecule has 2 aliphatic heterocycles. The van der Waals surface area contributed by atoms with Crippen LogP contribution in [0.1, 0.15) is 29.8 Å². The monoisotopic (exact) mass is 440 g/mol. The Bertz CT molecular complexity index is 910. The van der Waals surface area contributed by atoms with Crippen molar-refractivity contribution in [3.8, 4) is 0 Å². The third-order valence-electron chi connectivity index (χ3n) is 5.72. The highest BCUT2D eigenvalue weighted by Crippen LogP contribution is 2.33. The molecule has 0 spiro atoms. The fraction of sp³-hybridized carbons (Fsp3) is 0.435. The minimum Gasteiger partial charge on any atom is -0.379 e. The van der Waals surface area contributed by atoms with Crippen LogP contribution in [0.15, 0.2) is 52.9 Å². The summed E-state index contributed by atoms with van der Waals surface area (Å²) in [5.74, 6) is -0.253. The van der Waals surface area contributed by atoms with Crippen LogP contribution in [0.25, 0.3) is 0 Å². The van der Waals surface area contributed by atoms with Crippen molar-refractivity contribution in [2.75, 3.05) is 45.9 Å². The fourth-order valence-electron chi connectivity index (χ4n) is 3.94. The third-order valence-corrected chi connectivity index (χ3v) is 6.64. The van der Waals surface area contributed by atoms with E-state index in [0.717, 1.165) is 35.8 Å². The molecule has 7 nitrogen and oxygen atoms in total. The smallest absolute Gasteiger partial charge is 0.262 e. The van der Waals surface area contributed by atoms with Gasteiger partial charge in [-0.2, -0.15) is 5.10 Å². The summed E-state index contributed by atoms with van der Waals surface area (Å²) in [6, 6.07) is 13.8. The van der Waals surface area contributed by atoms with E-state index in [0.29, 0.717) is 26.2 Å². The van der Waals surface area contributed by atoms with Crippen LogP contribution in [0.3, 0.4) is 0 Å². The Morgan fingerprint density at radius 3 is 2.61 bits per heavy atom. The van der Waals surface area contributed by atoms with Gasteiger partial charge in [0.05, 0.1) is 29.8 Å². The number of morpholine rings is 1. The van der Waals surface area contributed by atoms with Crippen molar-refractivity contribution in [2.24, 2.45) is 5.10 Å². The van der Waals surface area contributed by atoms with Crippen molar-refractivity contribution in [3.05, 3.63) is 58.3 Å². The lowest BCUT2D eigenvalue weighted by Gasteiger charge is -2.30. The molecule has 1 aromatic heterocycles. The first-order valence-corrected chi connectivity index (χ1v) is 11.5. The summed E-state index contributed by atoms with van der Waals surface area (Å²) in [6.07, 6.45) is 0.671. The average molecular weight is 441 g/mol. The standard InChI is InChI=1S/C23H28N4O3S/c1-18(28)26(10-9-25-11-13-30-14-12-25)17-23(29)27-21(19-6-3-2-4-7-19)16-20(24-27)22-8-5-15-31-22/h2-8,15,21H,9-14,16-17H2,1H3/t21-/m1/s1. The second-order valence-corrected chi connectivity index (χ2v) is 8.74. The topological polar surface area (TPSA) is 65.5 Å². The van der Waals surface area contributed by atoms with Crippen LogP contribution in [-0.4, -0.2) is 78.3 Å². The number of ether oxygens (including phenoxy) is 1. The van der Waals surface area contributed by atoms with Crippen molar-refractivity contribution in [1.29, 1.82) is 0 Å². The van der Waals surface area contributed by atoms with Gasteiger partial charge in [0.15, 0.2) is 0 Å². The lowest BCUT2D eigenvalue weighted by molar-refractivity contribution is -0.140. The van der Waals surface area contributed by atoms with Gasteiger partial charge >= 0.3 is 0 Å². The molecule has 31 heavy (non-hydrogen) atoms. The number of hydrogen-bond donors (Lipinski definition) is 0. The van der Waals surface area contributed by atoms with Gasteiger partial charge in [-0.05, 0) is 17.0 Å². The predicted octanol–water partition coefficient (Wildman–Crippen LogP) is 2.61. The van der Waals surface area contributed by atoms with E-state index in [1.165, 1.54) is 6.92 Å². The van der Waals surface area contributed by atoms with Crippen molar-refractivity contribution >= 4 is 28.9 Å². The minimum absolute atomic E-state index is 0.0320. The Hall–Kier alpha value is -2.55. The molecule has 2 aliphatic rings. The number of carbonyl (C=O) groups excluding carboxylic acids is 2. The largest absolute Gasteiger partial charge is 0.379 e. The van der Waals surface area contributed by atoms with Crippen LogP contribution >= 0.6 is 11.3 Å². The number of nitrogens with zero attached hydrogens (tertiary/aromatic N) is 4. The maximum Gasteiger partial charge on any atom is 0.262 e. The highest BCUT2D eigenvalue weighted by molar-refractivity contribution is 7.12. The number of hydrogen-bond acceptors (Lipinski definition) is 6. The van der Waals surface area contributed by atoms with Gasteiger partial charge in [-0.1, -0.05) is 36.4 Å². The van der Waals surface area contributed by atoms with Crippen molar-refractivity contribution in [2.45, 2.75) is 19.4 Å². The highest BCUT2D eigenvalue weighted by atomic mass is 32.1. The molecule has 0 aliphatic carbocycles. The molecule has 0 unspecified atom stereocenters.